The molecular weight excluding hydrogens is 254 g/mol. The van der Waals surface area contributed by atoms with Crippen LogP contribution in [0.1, 0.15) is 29.4 Å². The number of anilines is 1. The van der Waals surface area contributed by atoms with Crippen molar-refractivity contribution in [3.8, 4) is 0 Å². The molecule has 0 radical (unpaired) electrons. The molecule has 2 heterocycles. The highest BCUT2D eigenvalue weighted by atomic mass is 16.3. The molecule has 110 valence electrons. The fourth-order valence-corrected chi connectivity index (χ4v) is 2.36. The Morgan fingerprint density at radius 3 is 2.70 bits per heavy atom. The molecule has 0 fully saturated rings. The summed E-state index contributed by atoms with van der Waals surface area (Å²) >= 11 is 0. The third kappa shape index (κ3) is 2.85. The van der Waals surface area contributed by atoms with Crippen molar-refractivity contribution in [2.24, 2.45) is 7.05 Å². The van der Waals surface area contributed by atoms with Crippen molar-refractivity contribution in [1.82, 2.24) is 19.6 Å². The van der Waals surface area contributed by atoms with Crippen LogP contribution in [0.4, 0.5) is 5.82 Å². The zero-order valence-electron chi connectivity index (χ0n) is 12.6. The Bertz CT molecular complexity index is 585. The molecule has 0 atom stereocenters. The van der Waals surface area contributed by atoms with Gasteiger partial charge in [-0.15, -0.1) is 0 Å². The molecule has 2 N–H and O–H groups in total. The Morgan fingerprint density at radius 2 is 2.05 bits per heavy atom. The highest BCUT2D eigenvalue weighted by molar-refractivity contribution is 5.47. The van der Waals surface area contributed by atoms with Gasteiger partial charge in [-0.25, -0.2) is 4.68 Å². The Kier molecular flexibility index (Phi) is 4.44. The number of aliphatic hydroxyl groups excluding tert-OH is 1. The summed E-state index contributed by atoms with van der Waals surface area (Å²) in [7, 11) is 1.94. The molecular formula is C14H23N5O. The van der Waals surface area contributed by atoms with Crippen molar-refractivity contribution in [3.63, 3.8) is 0 Å². The molecule has 0 aromatic carbocycles. The van der Waals surface area contributed by atoms with Crippen molar-refractivity contribution in [2.75, 3.05) is 11.9 Å². The van der Waals surface area contributed by atoms with Crippen LogP contribution in [0.15, 0.2) is 6.20 Å². The summed E-state index contributed by atoms with van der Waals surface area (Å²) in [5.41, 5.74) is 4.43. The minimum atomic E-state index is 0.0857. The van der Waals surface area contributed by atoms with Crippen molar-refractivity contribution < 1.29 is 5.11 Å². The second-order valence-corrected chi connectivity index (χ2v) is 4.99. The highest BCUT2D eigenvalue weighted by Crippen LogP contribution is 2.19. The molecule has 6 heteroatoms. The van der Waals surface area contributed by atoms with E-state index in [1.807, 2.05) is 36.5 Å². The van der Waals surface area contributed by atoms with Crippen LogP contribution in [-0.4, -0.2) is 31.3 Å². The average molecular weight is 277 g/mol. The van der Waals surface area contributed by atoms with Gasteiger partial charge in [0, 0.05) is 30.9 Å². The van der Waals surface area contributed by atoms with Gasteiger partial charge in [0.25, 0.3) is 0 Å². The molecule has 0 amide bonds. The molecule has 6 nitrogen and oxygen atoms in total. The van der Waals surface area contributed by atoms with E-state index in [1.54, 1.807) is 0 Å². The molecule has 0 unspecified atom stereocenters. The topological polar surface area (TPSA) is 67.9 Å². The van der Waals surface area contributed by atoms with Gasteiger partial charge in [-0.2, -0.15) is 10.2 Å². The van der Waals surface area contributed by atoms with Crippen LogP contribution in [0.25, 0.3) is 0 Å². The predicted octanol–water partition coefficient (Wildman–Crippen LogP) is 1.40. The van der Waals surface area contributed by atoms with Gasteiger partial charge in [-0.3, -0.25) is 4.68 Å². The van der Waals surface area contributed by atoms with E-state index in [0.29, 0.717) is 13.1 Å². The minimum Gasteiger partial charge on any atom is -0.394 e. The van der Waals surface area contributed by atoms with Crippen LogP contribution in [0, 0.1) is 13.8 Å². The first kappa shape index (κ1) is 14.6. The maximum Gasteiger partial charge on any atom is 0.127 e. The predicted molar refractivity (Wildman–Crippen MR) is 78.7 cm³/mol. The van der Waals surface area contributed by atoms with Crippen LogP contribution in [0.5, 0.6) is 0 Å². The number of aromatic nitrogens is 4. The summed E-state index contributed by atoms with van der Waals surface area (Å²) in [6, 6.07) is 0. The molecule has 0 saturated heterocycles. The number of aliphatic hydroxyl groups is 1. The Morgan fingerprint density at radius 1 is 1.30 bits per heavy atom. The van der Waals surface area contributed by atoms with Crippen molar-refractivity contribution in [3.05, 3.63) is 28.7 Å². The lowest BCUT2D eigenvalue weighted by atomic mass is 10.2. The van der Waals surface area contributed by atoms with E-state index in [-0.39, 0.29) is 6.61 Å². The normalized spacial score (nSPS) is 11.1. The van der Waals surface area contributed by atoms with Gasteiger partial charge < -0.3 is 10.4 Å². The fourth-order valence-electron chi connectivity index (χ4n) is 2.36. The van der Waals surface area contributed by atoms with Gasteiger partial charge in [0.2, 0.25) is 0 Å². The molecule has 0 bridgehead atoms. The molecule has 20 heavy (non-hydrogen) atoms. The van der Waals surface area contributed by atoms with E-state index >= 15 is 0 Å². The van der Waals surface area contributed by atoms with Gasteiger partial charge in [0.1, 0.15) is 5.82 Å². The van der Waals surface area contributed by atoms with E-state index in [9.17, 15) is 0 Å². The lowest BCUT2D eigenvalue weighted by molar-refractivity contribution is 0.270. The van der Waals surface area contributed by atoms with Crippen molar-refractivity contribution >= 4 is 5.82 Å². The minimum absolute atomic E-state index is 0.0857. The monoisotopic (exact) mass is 277 g/mol. The van der Waals surface area contributed by atoms with Crippen molar-refractivity contribution in [1.29, 1.82) is 0 Å². The molecule has 0 spiro atoms. The molecule has 0 aliphatic carbocycles. The molecule has 2 aromatic heterocycles. The maximum absolute atomic E-state index is 9.11. The summed E-state index contributed by atoms with van der Waals surface area (Å²) in [5.74, 6) is 0.974. The summed E-state index contributed by atoms with van der Waals surface area (Å²) in [6.45, 7) is 7.44. The van der Waals surface area contributed by atoms with Crippen LogP contribution >= 0.6 is 0 Å². The van der Waals surface area contributed by atoms with Gasteiger partial charge in [-0.05, 0) is 20.3 Å². The summed E-state index contributed by atoms with van der Waals surface area (Å²) in [6.07, 6.45) is 2.96. The Hall–Kier alpha value is -1.82. The first-order valence-electron chi connectivity index (χ1n) is 6.97. The number of hydrogen-bond acceptors (Lipinski definition) is 4. The first-order valence-corrected chi connectivity index (χ1v) is 6.97. The first-order chi connectivity index (χ1) is 9.56. The number of nitrogens with one attached hydrogen (secondary N) is 1. The fraction of sp³-hybridized carbons (Fsp3) is 0.571. The Balaban J connectivity index is 2.17. The summed E-state index contributed by atoms with van der Waals surface area (Å²) in [4.78, 5) is 0. The van der Waals surface area contributed by atoms with Gasteiger partial charge in [0.05, 0.1) is 24.5 Å². The molecule has 0 saturated carbocycles. The molecule has 2 rings (SSSR count). The number of nitrogens with zero attached hydrogens (tertiary/aromatic N) is 4. The lowest BCUT2D eigenvalue weighted by Crippen LogP contribution is -2.11. The van der Waals surface area contributed by atoms with Crippen LogP contribution < -0.4 is 5.32 Å². The zero-order chi connectivity index (χ0) is 14.7. The quantitative estimate of drug-likeness (QED) is 0.837. The van der Waals surface area contributed by atoms with Gasteiger partial charge in [0.15, 0.2) is 0 Å². The second-order valence-electron chi connectivity index (χ2n) is 4.99. The van der Waals surface area contributed by atoms with Crippen LogP contribution in [-0.2, 0) is 26.6 Å². The van der Waals surface area contributed by atoms with E-state index in [0.717, 1.165) is 29.2 Å². The largest absolute Gasteiger partial charge is 0.394 e. The van der Waals surface area contributed by atoms with E-state index < -0.39 is 0 Å². The van der Waals surface area contributed by atoms with E-state index in [1.165, 1.54) is 5.56 Å². The summed E-state index contributed by atoms with van der Waals surface area (Å²) < 4.78 is 3.67. The van der Waals surface area contributed by atoms with E-state index in [4.69, 9.17) is 5.11 Å². The maximum atomic E-state index is 9.11. The Labute approximate surface area is 119 Å². The highest BCUT2D eigenvalue weighted by Gasteiger charge is 2.12. The van der Waals surface area contributed by atoms with Crippen LogP contribution in [0.2, 0.25) is 0 Å². The van der Waals surface area contributed by atoms with Gasteiger partial charge >= 0.3 is 0 Å². The third-order valence-corrected chi connectivity index (χ3v) is 3.51. The second kappa shape index (κ2) is 6.09. The molecule has 2 aromatic rings. The zero-order valence-corrected chi connectivity index (χ0v) is 12.6. The van der Waals surface area contributed by atoms with Gasteiger partial charge in [-0.1, -0.05) is 6.92 Å². The number of aryl methyl sites for hydroxylation is 3. The molecule has 0 aliphatic rings. The standard InChI is InChI=1S/C14H23N5O/c1-5-13-12(9-18(4)17-13)8-15-14-10(2)11(3)16-19(14)6-7-20/h9,15,20H,5-8H2,1-4H3. The third-order valence-electron chi connectivity index (χ3n) is 3.51. The molecule has 0 aliphatic heterocycles. The van der Waals surface area contributed by atoms with E-state index in [2.05, 4.69) is 22.4 Å². The van der Waals surface area contributed by atoms with Crippen molar-refractivity contribution in [2.45, 2.75) is 40.3 Å². The average Bonchev–Trinajstić information content (AvgIpc) is 2.90. The number of hydrogen-bond donors (Lipinski definition) is 2. The number of rotatable bonds is 6. The summed E-state index contributed by atoms with van der Waals surface area (Å²) in [5, 5.41) is 21.4. The van der Waals surface area contributed by atoms with Crippen LogP contribution in [0.3, 0.4) is 0 Å². The SMILES string of the molecule is CCc1nn(C)cc1CNc1c(C)c(C)nn1CCO. The smallest absolute Gasteiger partial charge is 0.127 e. The lowest BCUT2D eigenvalue weighted by Gasteiger charge is -2.10.